The minimum absolute atomic E-state index is 0.442. The molecule has 52 valence electrons. The number of piperidine rings is 1. The largest absolute Gasteiger partial charge is 0.329 e. The van der Waals surface area contributed by atoms with Crippen molar-refractivity contribution < 1.29 is 18.5 Å². The first kappa shape index (κ1) is 1.50. The fourth-order valence-corrected chi connectivity index (χ4v) is 0.399. The fourth-order valence-electron chi connectivity index (χ4n) is 0.315. The molecule has 0 bridgehead atoms. The molecule has 1 amide bonds. The molecule has 0 aliphatic carbocycles. The molecule has 1 fully saturated rings. The zero-order valence-corrected chi connectivity index (χ0v) is 4.99. The number of hydrogen-bond acceptors (Lipinski definition) is 1. The molecule has 9 heavy (non-hydrogen) atoms. The molecule has 1 saturated heterocycles. The third kappa shape index (κ3) is 1.86. The average molecular weight is 158 g/mol. The first-order valence-electron chi connectivity index (χ1n) is 7.06. The standard InChI is InChI=1S/C6H10ClNO/c7-6(9)8-4-2-1-3-5-8/h1-5H2/i1D2,2D2,3D2,4D2,5D2. The predicted octanol–water partition coefficient (Wildman–Crippen LogP) is 1.83. The van der Waals surface area contributed by atoms with E-state index >= 15 is 0 Å². The molecule has 0 N–H and O–H groups in total. The van der Waals surface area contributed by atoms with Crippen molar-refractivity contribution in [2.45, 2.75) is 19.1 Å². The van der Waals surface area contributed by atoms with Gasteiger partial charge in [-0.2, -0.15) is 0 Å². The minimum Gasteiger partial charge on any atom is -0.329 e. The molecule has 0 aromatic heterocycles. The number of nitrogens with zero attached hydrogens (tertiary/aromatic N) is 1. The molecule has 0 saturated carbocycles. The lowest BCUT2D eigenvalue weighted by molar-refractivity contribution is 0.210. The Labute approximate surface area is 73.8 Å². The second-order valence-electron chi connectivity index (χ2n) is 1.19. The summed E-state index contributed by atoms with van der Waals surface area (Å²) in [6.45, 7) is -6.94. The SMILES string of the molecule is [2H]C1([2H])N(C(=O)Cl)C([2H])([2H])C([2H])([2H])C([2H])([2H])C1([2H])[2H]. The highest BCUT2D eigenvalue weighted by Gasteiger charge is 2.12. The van der Waals surface area contributed by atoms with E-state index in [1.54, 1.807) is 0 Å². The summed E-state index contributed by atoms with van der Waals surface area (Å²) in [5, 5.41) is -1.75. The van der Waals surface area contributed by atoms with Crippen LogP contribution in [0.2, 0.25) is 0 Å². The Kier molecular flexibility index (Phi) is 0.510. The summed E-state index contributed by atoms with van der Waals surface area (Å²) in [5.41, 5.74) is 0. The fraction of sp³-hybridized carbons (Fsp3) is 0.833. The van der Waals surface area contributed by atoms with Crippen molar-refractivity contribution >= 4 is 17.0 Å². The Morgan fingerprint density at radius 3 is 2.44 bits per heavy atom. The van der Waals surface area contributed by atoms with Crippen LogP contribution in [0.15, 0.2) is 0 Å². The van der Waals surface area contributed by atoms with E-state index in [4.69, 9.17) is 25.3 Å². The Bertz CT molecular complexity index is 390. The maximum Gasteiger partial charge on any atom is 0.316 e. The van der Waals surface area contributed by atoms with Gasteiger partial charge in [-0.15, -0.1) is 0 Å². The molecule has 0 unspecified atom stereocenters. The first-order valence-corrected chi connectivity index (χ1v) is 2.44. The minimum atomic E-state index is -3.53. The molecule has 0 aromatic rings. The van der Waals surface area contributed by atoms with Gasteiger partial charge < -0.3 is 4.90 Å². The Morgan fingerprint density at radius 2 is 2.00 bits per heavy atom. The molecule has 3 heteroatoms. The molecule has 1 aliphatic heterocycles. The van der Waals surface area contributed by atoms with Crippen LogP contribution in [0.1, 0.15) is 32.8 Å². The van der Waals surface area contributed by atoms with Gasteiger partial charge in [0.2, 0.25) is 0 Å². The summed E-state index contributed by atoms with van der Waals surface area (Å²) in [6.07, 6.45) is -10.6. The quantitative estimate of drug-likeness (QED) is 0.388. The number of carbonyl (C=O) groups excluding carboxylic acids is 1. The molecule has 0 spiro atoms. The van der Waals surface area contributed by atoms with Crippen molar-refractivity contribution in [1.29, 1.82) is 0 Å². The van der Waals surface area contributed by atoms with Gasteiger partial charge in [0.15, 0.2) is 0 Å². The van der Waals surface area contributed by atoms with E-state index in [0.717, 1.165) is 0 Å². The Hall–Kier alpha value is -0.240. The van der Waals surface area contributed by atoms with E-state index in [1.807, 2.05) is 0 Å². The van der Waals surface area contributed by atoms with Crippen molar-refractivity contribution in [2.24, 2.45) is 0 Å². The van der Waals surface area contributed by atoms with E-state index in [1.165, 1.54) is 0 Å². The lowest BCUT2D eigenvalue weighted by Crippen LogP contribution is -2.31. The van der Waals surface area contributed by atoms with Gasteiger partial charge in [0.25, 0.3) is 0 Å². The second kappa shape index (κ2) is 3.06. The van der Waals surface area contributed by atoms with E-state index in [0.29, 0.717) is 0 Å². The lowest BCUT2D eigenvalue weighted by atomic mass is 10.1. The first-order chi connectivity index (χ1) is 8.07. The van der Waals surface area contributed by atoms with Crippen molar-refractivity contribution in [1.82, 2.24) is 4.90 Å². The molecule has 1 rings (SSSR count). The highest BCUT2D eigenvalue weighted by atomic mass is 35.5. The highest BCUT2D eigenvalue weighted by molar-refractivity contribution is 6.62. The van der Waals surface area contributed by atoms with E-state index in [-0.39, 0.29) is 0 Å². The van der Waals surface area contributed by atoms with Gasteiger partial charge in [0, 0.05) is 26.7 Å². The molecule has 2 nitrogen and oxygen atoms in total. The van der Waals surface area contributed by atoms with E-state index in [9.17, 15) is 4.79 Å². The molecular formula is C6H10ClNO. The van der Waals surface area contributed by atoms with E-state index in [2.05, 4.69) is 0 Å². The molecule has 0 aromatic carbocycles. The topological polar surface area (TPSA) is 20.3 Å². The summed E-state index contributed by atoms with van der Waals surface area (Å²) in [5.74, 6) is 0. The molecule has 1 heterocycles. The van der Waals surface area contributed by atoms with Crippen molar-refractivity contribution in [3.05, 3.63) is 0 Å². The third-order valence-electron chi connectivity index (χ3n) is 0.636. The van der Waals surface area contributed by atoms with Crippen LogP contribution in [0.4, 0.5) is 4.79 Å². The number of halogens is 1. The van der Waals surface area contributed by atoms with Crippen LogP contribution in [0.5, 0.6) is 0 Å². The van der Waals surface area contributed by atoms with Gasteiger partial charge in [-0.05, 0) is 30.7 Å². The van der Waals surface area contributed by atoms with Crippen LogP contribution in [0.25, 0.3) is 0 Å². The number of carbonyl (C=O) groups is 1. The third-order valence-corrected chi connectivity index (χ3v) is 0.805. The van der Waals surface area contributed by atoms with Gasteiger partial charge in [-0.25, -0.2) is 0 Å². The summed E-state index contributed by atoms with van der Waals surface area (Å²) < 4.78 is 74.5. The smallest absolute Gasteiger partial charge is 0.316 e. The Morgan fingerprint density at radius 1 is 1.44 bits per heavy atom. The average Bonchev–Trinajstić information content (AvgIpc) is 2.12. The highest BCUT2D eigenvalue weighted by Crippen LogP contribution is 2.09. The maximum absolute atomic E-state index is 11.2. The van der Waals surface area contributed by atoms with Gasteiger partial charge >= 0.3 is 5.37 Å². The van der Waals surface area contributed by atoms with Gasteiger partial charge in [-0.1, -0.05) is 0 Å². The number of likely N-dealkylation sites (tertiary alicyclic amines) is 1. The normalized spacial score (nSPS) is 64.3. The van der Waals surface area contributed by atoms with Gasteiger partial charge in [0.05, 0.1) is 0 Å². The zero-order valence-electron chi connectivity index (χ0n) is 14.2. The predicted molar refractivity (Wildman–Crippen MR) is 36.7 cm³/mol. The van der Waals surface area contributed by atoms with Crippen LogP contribution in [0, 0.1) is 0 Å². The monoisotopic (exact) mass is 157 g/mol. The van der Waals surface area contributed by atoms with Crippen LogP contribution in [0.3, 0.4) is 0 Å². The summed E-state index contributed by atoms with van der Waals surface area (Å²) >= 11 is 5.02. The summed E-state index contributed by atoms with van der Waals surface area (Å²) in [4.78, 5) is 10.7. The summed E-state index contributed by atoms with van der Waals surface area (Å²) in [6, 6.07) is 0. The lowest BCUT2D eigenvalue weighted by Gasteiger charge is -2.23. The molecule has 0 radical (unpaired) electrons. The zero-order chi connectivity index (χ0) is 15.7. The van der Waals surface area contributed by atoms with E-state index < -0.39 is 42.4 Å². The van der Waals surface area contributed by atoms with Gasteiger partial charge in [-0.3, -0.25) is 4.79 Å². The molecular weight excluding hydrogens is 138 g/mol. The van der Waals surface area contributed by atoms with Crippen LogP contribution in [-0.4, -0.2) is 23.3 Å². The Balaban J connectivity index is 3.70. The van der Waals surface area contributed by atoms with Crippen LogP contribution in [-0.2, 0) is 0 Å². The maximum atomic E-state index is 11.2. The van der Waals surface area contributed by atoms with Gasteiger partial charge in [0.1, 0.15) is 0 Å². The second-order valence-corrected chi connectivity index (χ2v) is 1.51. The number of rotatable bonds is 0. The van der Waals surface area contributed by atoms with Crippen molar-refractivity contribution in [2.75, 3.05) is 13.0 Å². The molecule has 1 aliphatic rings. The number of amides is 1. The van der Waals surface area contributed by atoms with Crippen molar-refractivity contribution in [3.8, 4) is 0 Å². The summed E-state index contributed by atoms with van der Waals surface area (Å²) in [7, 11) is 0. The molecule has 0 atom stereocenters. The number of hydrogen-bond donors (Lipinski definition) is 0. The van der Waals surface area contributed by atoms with Crippen LogP contribution >= 0.6 is 11.6 Å². The van der Waals surface area contributed by atoms with Crippen molar-refractivity contribution in [3.63, 3.8) is 0 Å². The van der Waals surface area contributed by atoms with Crippen LogP contribution < -0.4 is 0 Å².